The summed E-state index contributed by atoms with van der Waals surface area (Å²) in [6.45, 7) is 9.63. The van der Waals surface area contributed by atoms with E-state index >= 15 is 0 Å². The van der Waals surface area contributed by atoms with Gasteiger partial charge in [-0.15, -0.1) is 0 Å². The Kier molecular flexibility index (Phi) is 6.83. The van der Waals surface area contributed by atoms with Crippen molar-refractivity contribution in [2.24, 2.45) is 4.99 Å². The van der Waals surface area contributed by atoms with E-state index in [9.17, 15) is 9.18 Å². The number of guanidine groups is 1. The predicted molar refractivity (Wildman–Crippen MR) is 104 cm³/mol. The summed E-state index contributed by atoms with van der Waals surface area (Å²) >= 11 is 0. The highest BCUT2D eigenvalue weighted by Crippen LogP contribution is 2.17. The molecule has 0 radical (unpaired) electrons. The zero-order chi connectivity index (χ0) is 19.2. The van der Waals surface area contributed by atoms with Gasteiger partial charge in [-0.05, 0) is 45.0 Å². The number of carbonyl (C=O) groups is 1. The first kappa shape index (κ1) is 20.0. The second-order valence-electron chi connectivity index (χ2n) is 7.47. The SMILES string of the molecule is CN=C(NCCC(=O)N1CCN(c2ccc(F)cc2)CC1)NC(C)(C)C. The van der Waals surface area contributed by atoms with Gasteiger partial charge in [-0.2, -0.15) is 0 Å². The van der Waals surface area contributed by atoms with Crippen LogP contribution in [0.25, 0.3) is 0 Å². The van der Waals surface area contributed by atoms with E-state index in [-0.39, 0.29) is 17.3 Å². The molecule has 1 saturated heterocycles. The lowest BCUT2D eigenvalue weighted by atomic mass is 10.1. The maximum Gasteiger partial charge on any atom is 0.224 e. The molecule has 0 saturated carbocycles. The number of hydrogen-bond donors (Lipinski definition) is 2. The van der Waals surface area contributed by atoms with Gasteiger partial charge in [-0.1, -0.05) is 0 Å². The van der Waals surface area contributed by atoms with Crippen molar-refractivity contribution in [3.8, 4) is 0 Å². The van der Waals surface area contributed by atoms with Crippen LogP contribution in [0.2, 0.25) is 0 Å². The number of nitrogens with zero attached hydrogens (tertiary/aromatic N) is 3. The molecule has 1 aromatic carbocycles. The number of piperazine rings is 1. The van der Waals surface area contributed by atoms with Crippen LogP contribution < -0.4 is 15.5 Å². The molecule has 0 aromatic heterocycles. The summed E-state index contributed by atoms with van der Waals surface area (Å²) < 4.78 is 13.0. The maximum absolute atomic E-state index is 13.0. The average molecular weight is 363 g/mol. The summed E-state index contributed by atoms with van der Waals surface area (Å²) in [5.74, 6) is 0.611. The molecule has 1 amide bonds. The van der Waals surface area contributed by atoms with Crippen molar-refractivity contribution in [3.05, 3.63) is 30.1 Å². The first-order valence-electron chi connectivity index (χ1n) is 9.05. The van der Waals surface area contributed by atoms with Gasteiger partial charge in [0.15, 0.2) is 5.96 Å². The number of hydrogen-bond acceptors (Lipinski definition) is 3. The van der Waals surface area contributed by atoms with E-state index in [2.05, 4.69) is 41.3 Å². The minimum absolute atomic E-state index is 0.0808. The van der Waals surface area contributed by atoms with Gasteiger partial charge in [0, 0.05) is 57.4 Å². The largest absolute Gasteiger partial charge is 0.368 e. The molecule has 1 heterocycles. The third-order valence-electron chi connectivity index (χ3n) is 4.17. The molecule has 0 atom stereocenters. The predicted octanol–water partition coefficient (Wildman–Crippen LogP) is 1.83. The van der Waals surface area contributed by atoms with Gasteiger partial charge in [0.25, 0.3) is 0 Å². The van der Waals surface area contributed by atoms with Crippen LogP contribution in [0.3, 0.4) is 0 Å². The van der Waals surface area contributed by atoms with Crippen molar-refractivity contribution in [3.63, 3.8) is 0 Å². The van der Waals surface area contributed by atoms with Crippen molar-refractivity contribution < 1.29 is 9.18 Å². The van der Waals surface area contributed by atoms with Gasteiger partial charge in [0.1, 0.15) is 5.82 Å². The maximum atomic E-state index is 13.0. The summed E-state index contributed by atoms with van der Waals surface area (Å²) in [5, 5.41) is 6.45. The lowest BCUT2D eigenvalue weighted by molar-refractivity contribution is -0.131. The second kappa shape index (κ2) is 8.87. The first-order valence-corrected chi connectivity index (χ1v) is 9.05. The number of amides is 1. The van der Waals surface area contributed by atoms with Gasteiger partial charge >= 0.3 is 0 Å². The van der Waals surface area contributed by atoms with Gasteiger partial charge < -0.3 is 20.4 Å². The number of anilines is 1. The van der Waals surface area contributed by atoms with Crippen LogP contribution in [-0.2, 0) is 4.79 Å². The van der Waals surface area contributed by atoms with E-state index in [1.165, 1.54) is 12.1 Å². The first-order chi connectivity index (χ1) is 12.3. The lowest BCUT2D eigenvalue weighted by Gasteiger charge is -2.36. The monoisotopic (exact) mass is 363 g/mol. The van der Waals surface area contributed by atoms with Gasteiger partial charge in [0.2, 0.25) is 5.91 Å². The van der Waals surface area contributed by atoms with Crippen molar-refractivity contribution in [2.45, 2.75) is 32.7 Å². The zero-order valence-electron chi connectivity index (χ0n) is 16.2. The fourth-order valence-electron chi connectivity index (χ4n) is 2.85. The number of benzene rings is 1. The summed E-state index contributed by atoms with van der Waals surface area (Å²) in [6, 6.07) is 6.50. The summed E-state index contributed by atoms with van der Waals surface area (Å²) in [4.78, 5) is 20.6. The van der Waals surface area contributed by atoms with Gasteiger partial charge in [0.05, 0.1) is 0 Å². The summed E-state index contributed by atoms with van der Waals surface area (Å²) in [6.07, 6.45) is 0.432. The Morgan fingerprint density at radius 3 is 2.31 bits per heavy atom. The summed E-state index contributed by atoms with van der Waals surface area (Å²) in [7, 11) is 1.72. The molecule has 1 aliphatic heterocycles. The standard InChI is InChI=1S/C19H30FN5O/c1-19(2,3)23-18(21-4)22-10-9-17(26)25-13-11-24(12-14-25)16-7-5-15(20)6-8-16/h5-8H,9-14H2,1-4H3,(H2,21,22,23). The van der Waals surface area contributed by atoms with Gasteiger partial charge in [-0.3, -0.25) is 9.79 Å². The van der Waals surface area contributed by atoms with Crippen molar-refractivity contribution in [2.75, 3.05) is 44.7 Å². The normalized spacial score (nSPS) is 15.8. The fourth-order valence-corrected chi connectivity index (χ4v) is 2.85. The minimum Gasteiger partial charge on any atom is -0.368 e. The molecule has 144 valence electrons. The lowest BCUT2D eigenvalue weighted by Crippen LogP contribution is -2.50. The Bertz CT molecular complexity index is 616. The molecule has 2 rings (SSSR count). The van der Waals surface area contributed by atoms with Crippen LogP contribution in [0, 0.1) is 5.82 Å². The molecule has 1 fully saturated rings. The van der Waals surface area contributed by atoms with Crippen molar-refractivity contribution >= 4 is 17.6 Å². The van der Waals surface area contributed by atoms with E-state index in [0.717, 1.165) is 18.8 Å². The molecule has 26 heavy (non-hydrogen) atoms. The Hall–Kier alpha value is -2.31. The quantitative estimate of drug-likeness (QED) is 0.633. The highest BCUT2D eigenvalue weighted by Gasteiger charge is 2.21. The number of halogens is 1. The number of nitrogens with one attached hydrogen (secondary N) is 2. The van der Waals surface area contributed by atoms with E-state index in [0.29, 0.717) is 32.0 Å². The van der Waals surface area contributed by atoms with Crippen LogP contribution in [-0.4, -0.2) is 62.1 Å². The fraction of sp³-hybridized carbons (Fsp3) is 0.579. The van der Waals surface area contributed by atoms with E-state index < -0.39 is 0 Å². The second-order valence-corrected chi connectivity index (χ2v) is 7.47. The van der Waals surface area contributed by atoms with E-state index in [1.807, 2.05) is 4.90 Å². The molecule has 1 aromatic rings. The number of aliphatic imine (C=N–C) groups is 1. The van der Waals surface area contributed by atoms with E-state index in [1.54, 1.807) is 19.2 Å². The molecular formula is C19H30FN5O. The summed E-state index contributed by atoms with van der Waals surface area (Å²) in [5.41, 5.74) is 0.917. The molecule has 0 spiro atoms. The van der Waals surface area contributed by atoms with Crippen LogP contribution >= 0.6 is 0 Å². The number of rotatable bonds is 4. The Morgan fingerprint density at radius 1 is 1.15 bits per heavy atom. The Balaban J connectivity index is 1.73. The van der Waals surface area contributed by atoms with Crippen LogP contribution in [0.4, 0.5) is 10.1 Å². The van der Waals surface area contributed by atoms with Crippen LogP contribution in [0.15, 0.2) is 29.3 Å². The Labute approximate surface area is 155 Å². The average Bonchev–Trinajstić information content (AvgIpc) is 2.60. The topological polar surface area (TPSA) is 60.0 Å². The molecule has 0 aliphatic carbocycles. The molecule has 7 heteroatoms. The zero-order valence-corrected chi connectivity index (χ0v) is 16.2. The molecule has 0 bridgehead atoms. The third-order valence-corrected chi connectivity index (χ3v) is 4.17. The van der Waals surface area contributed by atoms with Crippen molar-refractivity contribution in [1.29, 1.82) is 0 Å². The molecule has 1 aliphatic rings. The highest BCUT2D eigenvalue weighted by molar-refractivity contribution is 5.81. The molecule has 0 unspecified atom stereocenters. The third kappa shape index (κ3) is 6.20. The smallest absolute Gasteiger partial charge is 0.224 e. The molecule has 6 nitrogen and oxygen atoms in total. The van der Waals surface area contributed by atoms with Gasteiger partial charge in [-0.25, -0.2) is 4.39 Å². The minimum atomic E-state index is -0.231. The number of carbonyl (C=O) groups excluding carboxylic acids is 1. The highest BCUT2D eigenvalue weighted by atomic mass is 19.1. The van der Waals surface area contributed by atoms with Crippen molar-refractivity contribution in [1.82, 2.24) is 15.5 Å². The van der Waals surface area contributed by atoms with Crippen LogP contribution in [0.5, 0.6) is 0 Å². The van der Waals surface area contributed by atoms with Crippen LogP contribution in [0.1, 0.15) is 27.2 Å². The molecular weight excluding hydrogens is 333 g/mol. The van der Waals surface area contributed by atoms with E-state index in [4.69, 9.17) is 0 Å². The Morgan fingerprint density at radius 2 is 1.77 bits per heavy atom. The molecule has 2 N–H and O–H groups in total.